The van der Waals surface area contributed by atoms with Crippen LogP contribution in [0.15, 0.2) is 36.4 Å². The number of hydrogen-bond acceptors (Lipinski definition) is 5. The number of ether oxygens (including phenoxy) is 1. The van der Waals surface area contributed by atoms with Crippen LogP contribution in [-0.4, -0.2) is 27.3 Å². The van der Waals surface area contributed by atoms with E-state index >= 15 is 0 Å². The van der Waals surface area contributed by atoms with Crippen LogP contribution in [0.3, 0.4) is 0 Å². The SMILES string of the molecule is CCCCOc1ccc(C(=O)c2nc(C(Cl)(Cl)Cl)nc(C(Cl)(Cl)Cl)n2)c2ccccc12. The van der Waals surface area contributed by atoms with Crippen molar-refractivity contribution in [3.63, 3.8) is 0 Å². The highest BCUT2D eigenvalue weighted by atomic mass is 35.6. The highest BCUT2D eigenvalue weighted by Crippen LogP contribution is 2.40. The molecule has 0 amide bonds. The average molecular weight is 542 g/mol. The first kappa shape index (κ1) is 24.6. The van der Waals surface area contributed by atoms with E-state index in [9.17, 15) is 4.79 Å². The third-order valence-corrected chi connectivity index (χ3v) is 5.24. The van der Waals surface area contributed by atoms with E-state index in [-0.39, 0.29) is 17.5 Å². The van der Waals surface area contributed by atoms with Crippen LogP contribution in [0.25, 0.3) is 10.8 Å². The maximum absolute atomic E-state index is 13.3. The first-order chi connectivity index (χ1) is 14.5. The Hall–Kier alpha value is -1.08. The van der Waals surface area contributed by atoms with Gasteiger partial charge in [0.05, 0.1) is 6.61 Å². The molecule has 0 aliphatic rings. The zero-order valence-corrected chi connectivity index (χ0v) is 20.5. The second-order valence-electron chi connectivity index (χ2n) is 6.49. The molecule has 0 saturated carbocycles. The molecular weight excluding hydrogens is 527 g/mol. The Morgan fingerprint density at radius 2 is 1.45 bits per heavy atom. The minimum atomic E-state index is -2.05. The monoisotopic (exact) mass is 539 g/mol. The molecule has 0 radical (unpaired) electrons. The molecule has 1 heterocycles. The van der Waals surface area contributed by atoms with E-state index in [2.05, 4.69) is 21.9 Å². The van der Waals surface area contributed by atoms with Crippen molar-refractivity contribution in [2.45, 2.75) is 27.4 Å². The van der Waals surface area contributed by atoms with Crippen LogP contribution in [0.2, 0.25) is 0 Å². The predicted octanol–water partition coefficient (Wildman–Crippen LogP) is 7.09. The summed E-state index contributed by atoms with van der Waals surface area (Å²) in [5.41, 5.74) is 0.315. The highest BCUT2D eigenvalue weighted by molar-refractivity contribution is 6.67. The van der Waals surface area contributed by atoms with Crippen LogP contribution in [-0.2, 0) is 7.59 Å². The molecule has 0 aliphatic heterocycles. The van der Waals surface area contributed by atoms with Crippen LogP contribution in [0, 0.1) is 0 Å². The number of fused-ring (bicyclic) bond motifs is 1. The lowest BCUT2D eigenvalue weighted by atomic mass is 10.00. The van der Waals surface area contributed by atoms with Gasteiger partial charge in [0.2, 0.25) is 19.2 Å². The summed E-state index contributed by atoms with van der Waals surface area (Å²) in [7, 11) is 0. The Morgan fingerprint density at radius 3 is 2.00 bits per heavy atom. The lowest BCUT2D eigenvalue weighted by molar-refractivity contribution is 0.103. The molecule has 2 aromatic carbocycles. The van der Waals surface area contributed by atoms with E-state index in [4.69, 9.17) is 74.3 Å². The van der Waals surface area contributed by atoms with Gasteiger partial charge >= 0.3 is 0 Å². The fourth-order valence-electron chi connectivity index (χ4n) is 2.77. The van der Waals surface area contributed by atoms with Gasteiger partial charge in [0.1, 0.15) is 5.75 Å². The lowest BCUT2D eigenvalue weighted by Crippen LogP contribution is -2.21. The Balaban J connectivity index is 2.12. The fourth-order valence-corrected chi connectivity index (χ4v) is 3.28. The molecule has 3 aromatic rings. The van der Waals surface area contributed by atoms with Gasteiger partial charge in [-0.15, -0.1) is 0 Å². The summed E-state index contributed by atoms with van der Waals surface area (Å²) >= 11 is 35.4. The number of hydrogen-bond donors (Lipinski definition) is 0. The summed E-state index contributed by atoms with van der Waals surface area (Å²) in [6, 6.07) is 10.7. The van der Waals surface area contributed by atoms with Crippen LogP contribution in [0.5, 0.6) is 5.75 Å². The normalized spacial score (nSPS) is 12.2. The van der Waals surface area contributed by atoms with Gasteiger partial charge < -0.3 is 4.74 Å². The molecule has 0 spiro atoms. The number of nitrogens with zero attached hydrogens (tertiary/aromatic N) is 3. The van der Waals surface area contributed by atoms with Gasteiger partial charge in [-0.05, 0) is 23.9 Å². The molecule has 0 saturated heterocycles. The summed E-state index contributed by atoms with van der Waals surface area (Å²) < 4.78 is 1.76. The maximum atomic E-state index is 13.3. The summed E-state index contributed by atoms with van der Waals surface area (Å²) in [5.74, 6) is -0.866. The van der Waals surface area contributed by atoms with Gasteiger partial charge in [-0.2, -0.15) is 0 Å². The molecule has 1 aromatic heterocycles. The van der Waals surface area contributed by atoms with Gasteiger partial charge in [-0.3, -0.25) is 4.79 Å². The second-order valence-corrected chi connectivity index (χ2v) is 11.1. The van der Waals surface area contributed by atoms with Crippen molar-refractivity contribution in [3.05, 3.63) is 59.4 Å². The molecule has 164 valence electrons. The molecule has 0 N–H and O–H groups in total. The quantitative estimate of drug-likeness (QED) is 0.189. The molecule has 11 heteroatoms. The number of carbonyl (C=O) groups excluding carboxylic acids is 1. The smallest absolute Gasteiger partial charge is 0.250 e. The van der Waals surface area contributed by atoms with Crippen LogP contribution in [0.1, 0.15) is 47.6 Å². The number of alkyl halides is 6. The summed E-state index contributed by atoms with van der Waals surface area (Å²) in [6.07, 6.45) is 1.92. The topological polar surface area (TPSA) is 65.0 Å². The molecule has 0 atom stereocenters. The molecule has 31 heavy (non-hydrogen) atoms. The summed E-state index contributed by atoms with van der Waals surface area (Å²) in [6.45, 7) is 2.65. The highest BCUT2D eigenvalue weighted by Gasteiger charge is 2.35. The van der Waals surface area contributed by atoms with E-state index in [1.54, 1.807) is 18.2 Å². The van der Waals surface area contributed by atoms with Gasteiger partial charge in [-0.25, -0.2) is 15.0 Å². The number of aromatic nitrogens is 3. The molecular formula is C20H15Cl6N3O2. The number of carbonyl (C=O) groups is 1. The van der Waals surface area contributed by atoms with Gasteiger partial charge in [0.25, 0.3) is 0 Å². The van der Waals surface area contributed by atoms with Gasteiger partial charge in [-0.1, -0.05) is 107 Å². The lowest BCUT2D eigenvalue weighted by Gasteiger charge is -2.16. The second kappa shape index (κ2) is 9.82. The molecule has 0 fully saturated rings. The Kier molecular flexibility index (Phi) is 7.78. The van der Waals surface area contributed by atoms with Crippen molar-refractivity contribution in [2.24, 2.45) is 0 Å². The van der Waals surface area contributed by atoms with Crippen LogP contribution in [0.4, 0.5) is 0 Å². The van der Waals surface area contributed by atoms with Gasteiger partial charge in [0.15, 0.2) is 11.6 Å². The van der Waals surface area contributed by atoms with Crippen LogP contribution < -0.4 is 4.74 Å². The number of rotatable bonds is 6. The number of halogens is 6. The number of benzene rings is 2. The largest absolute Gasteiger partial charge is 0.493 e. The van der Waals surface area contributed by atoms with E-state index < -0.39 is 13.4 Å². The van der Waals surface area contributed by atoms with Crippen molar-refractivity contribution in [2.75, 3.05) is 6.61 Å². The van der Waals surface area contributed by atoms with Gasteiger partial charge in [0, 0.05) is 10.9 Å². The van der Waals surface area contributed by atoms with Crippen molar-refractivity contribution in [1.29, 1.82) is 0 Å². The first-order valence-corrected chi connectivity index (χ1v) is 11.4. The zero-order chi connectivity index (χ0) is 22.8. The summed E-state index contributed by atoms with van der Waals surface area (Å²) in [5, 5.41) is 1.41. The minimum Gasteiger partial charge on any atom is -0.493 e. The number of ketones is 1. The molecule has 0 unspecified atom stereocenters. The number of unbranched alkanes of at least 4 members (excludes halogenated alkanes) is 1. The first-order valence-electron chi connectivity index (χ1n) is 9.12. The third-order valence-electron chi connectivity index (χ3n) is 4.23. The Morgan fingerprint density at radius 1 is 0.871 bits per heavy atom. The molecule has 0 bridgehead atoms. The molecule has 0 aliphatic carbocycles. The summed E-state index contributed by atoms with van der Waals surface area (Å²) in [4.78, 5) is 25.2. The van der Waals surface area contributed by atoms with E-state index in [1.807, 2.05) is 18.2 Å². The predicted molar refractivity (Wildman–Crippen MR) is 126 cm³/mol. The third kappa shape index (κ3) is 5.84. The fraction of sp³-hybridized carbons (Fsp3) is 0.300. The Labute approximate surface area is 208 Å². The molecule has 3 rings (SSSR count). The van der Waals surface area contributed by atoms with E-state index in [0.29, 0.717) is 23.3 Å². The van der Waals surface area contributed by atoms with E-state index in [0.717, 1.165) is 18.2 Å². The van der Waals surface area contributed by atoms with Crippen LogP contribution >= 0.6 is 69.6 Å². The molecule has 5 nitrogen and oxygen atoms in total. The Bertz CT molecular complexity index is 1080. The maximum Gasteiger partial charge on any atom is 0.250 e. The van der Waals surface area contributed by atoms with Crippen molar-refractivity contribution in [1.82, 2.24) is 15.0 Å². The van der Waals surface area contributed by atoms with Crippen molar-refractivity contribution < 1.29 is 9.53 Å². The van der Waals surface area contributed by atoms with E-state index in [1.165, 1.54) is 0 Å². The standard InChI is InChI=1S/C20H15Cl6N3O2/c1-2-3-10-31-14-9-8-13(11-6-4-5-7-12(11)14)15(30)16-27-17(19(21,22)23)29-18(28-16)20(24,25)26/h4-9H,2-3,10H2,1H3. The minimum absolute atomic E-state index is 0.315. The van der Waals surface area contributed by atoms with Crippen molar-refractivity contribution >= 4 is 86.2 Å². The zero-order valence-electron chi connectivity index (χ0n) is 16.0. The van der Waals surface area contributed by atoms with Crippen molar-refractivity contribution in [3.8, 4) is 5.75 Å². The average Bonchev–Trinajstić information content (AvgIpc) is 2.72.